The average molecular weight is 366 g/mol. The van der Waals surface area contributed by atoms with Crippen molar-refractivity contribution >= 4 is 24.2 Å². The van der Waals surface area contributed by atoms with Gasteiger partial charge in [0.2, 0.25) is 5.91 Å². The summed E-state index contributed by atoms with van der Waals surface area (Å²) in [5.74, 6) is 1.02. The van der Waals surface area contributed by atoms with Gasteiger partial charge in [0.05, 0.1) is 6.54 Å². The van der Waals surface area contributed by atoms with Crippen LogP contribution in [0.5, 0.6) is 5.75 Å². The zero-order chi connectivity index (χ0) is 16.5. The number of carbonyl (C=O) groups excluding carboxylic acids is 2. The molecule has 25 heavy (non-hydrogen) atoms. The number of piperazine rings is 1. The highest BCUT2D eigenvalue weighted by molar-refractivity contribution is 5.85. The highest BCUT2D eigenvalue weighted by Gasteiger charge is 2.36. The number of rotatable bonds is 2. The number of para-hydroxylation sites is 1. The molecule has 1 aromatic rings. The van der Waals surface area contributed by atoms with E-state index in [0.717, 1.165) is 43.8 Å². The fourth-order valence-corrected chi connectivity index (χ4v) is 3.94. The third kappa shape index (κ3) is 3.60. The first-order valence-electron chi connectivity index (χ1n) is 8.76. The topological polar surface area (TPSA) is 61.9 Å². The van der Waals surface area contributed by atoms with Crippen LogP contribution < -0.4 is 10.1 Å². The Balaban J connectivity index is 0.00000182. The van der Waals surface area contributed by atoms with E-state index in [9.17, 15) is 9.59 Å². The van der Waals surface area contributed by atoms with Crippen LogP contribution >= 0.6 is 12.4 Å². The second-order valence-corrected chi connectivity index (χ2v) is 6.76. The van der Waals surface area contributed by atoms with Gasteiger partial charge in [-0.15, -0.1) is 12.4 Å². The van der Waals surface area contributed by atoms with Crippen LogP contribution in [0.25, 0.3) is 0 Å². The molecule has 0 aromatic heterocycles. The van der Waals surface area contributed by atoms with Crippen molar-refractivity contribution in [3.63, 3.8) is 0 Å². The second kappa shape index (κ2) is 7.62. The fourth-order valence-electron chi connectivity index (χ4n) is 3.94. The molecule has 3 aliphatic rings. The molecule has 4 rings (SSSR count). The molecule has 0 aliphatic carbocycles. The number of amides is 2. The smallest absolute Gasteiger partial charge is 0.264 e. The molecule has 1 aromatic carbocycles. The van der Waals surface area contributed by atoms with E-state index < -0.39 is 6.10 Å². The Morgan fingerprint density at radius 1 is 1.24 bits per heavy atom. The number of carbonyl (C=O) groups is 2. The zero-order valence-electron chi connectivity index (χ0n) is 14.1. The Bertz CT molecular complexity index is 629. The molecule has 2 unspecified atom stereocenters. The number of piperidine rings is 1. The Labute approximate surface area is 153 Å². The standard InChI is InChI=1S/C18H23N3O3.ClH/c22-17-11-19-7-9-21(17)14-5-3-8-20(12-14)18(23)16-10-13-4-1-2-6-15(13)24-16;/h1-2,4,6,14,16,19H,3,5,7-12H2;1H. The van der Waals surface area contributed by atoms with Gasteiger partial charge in [0.1, 0.15) is 5.75 Å². The third-order valence-electron chi connectivity index (χ3n) is 5.20. The van der Waals surface area contributed by atoms with Gasteiger partial charge in [0.25, 0.3) is 5.91 Å². The van der Waals surface area contributed by atoms with Gasteiger partial charge in [-0.25, -0.2) is 0 Å². The highest BCUT2D eigenvalue weighted by atomic mass is 35.5. The largest absolute Gasteiger partial charge is 0.480 e. The molecule has 2 saturated heterocycles. The van der Waals surface area contributed by atoms with Crippen molar-refractivity contribution in [3.8, 4) is 5.75 Å². The van der Waals surface area contributed by atoms with Crippen molar-refractivity contribution < 1.29 is 14.3 Å². The molecule has 2 fully saturated rings. The number of benzene rings is 1. The SMILES string of the molecule is Cl.O=C(C1Cc2ccccc2O1)N1CCCC(N2CCNCC2=O)C1. The molecule has 0 bridgehead atoms. The van der Waals surface area contributed by atoms with Crippen LogP contribution in [0.1, 0.15) is 18.4 Å². The van der Waals surface area contributed by atoms with Gasteiger partial charge in [-0.3, -0.25) is 9.59 Å². The Kier molecular flexibility index (Phi) is 5.49. The van der Waals surface area contributed by atoms with Gasteiger partial charge in [-0.1, -0.05) is 18.2 Å². The molecule has 2 amide bonds. The average Bonchev–Trinajstić information content (AvgIpc) is 3.06. The molecule has 6 nitrogen and oxygen atoms in total. The minimum atomic E-state index is -0.417. The van der Waals surface area contributed by atoms with Crippen LogP contribution in [0.2, 0.25) is 0 Å². The minimum absolute atomic E-state index is 0. The molecule has 7 heteroatoms. The first kappa shape index (κ1) is 18.0. The Hall–Kier alpha value is -1.79. The van der Waals surface area contributed by atoms with E-state index in [1.54, 1.807) is 0 Å². The van der Waals surface area contributed by atoms with Gasteiger partial charge in [-0.2, -0.15) is 0 Å². The van der Waals surface area contributed by atoms with Crippen molar-refractivity contribution in [3.05, 3.63) is 29.8 Å². The summed E-state index contributed by atoms with van der Waals surface area (Å²) in [5.41, 5.74) is 1.10. The van der Waals surface area contributed by atoms with Crippen LogP contribution in [-0.2, 0) is 16.0 Å². The van der Waals surface area contributed by atoms with Crippen LogP contribution in [0.15, 0.2) is 24.3 Å². The van der Waals surface area contributed by atoms with Crippen molar-refractivity contribution in [1.82, 2.24) is 15.1 Å². The first-order valence-corrected chi connectivity index (χ1v) is 8.76. The van der Waals surface area contributed by atoms with E-state index in [1.807, 2.05) is 34.1 Å². The van der Waals surface area contributed by atoms with E-state index in [0.29, 0.717) is 19.5 Å². The van der Waals surface area contributed by atoms with Crippen molar-refractivity contribution in [2.75, 3.05) is 32.7 Å². The summed E-state index contributed by atoms with van der Waals surface area (Å²) in [6, 6.07) is 7.98. The van der Waals surface area contributed by atoms with Gasteiger partial charge in [0, 0.05) is 38.6 Å². The number of hydrogen-bond acceptors (Lipinski definition) is 4. The molecule has 1 N–H and O–H groups in total. The van der Waals surface area contributed by atoms with Crippen molar-refractivity contribution in [1.29, 1.82) is 0 Å². The van der Waals surface area contributed by atoms with Crippen molar-refractivity contribution in [2.45, 2.75) is 31.4 Å². The van der Waals surface area contributed by atoms with E-state index in [-0.39, 0.29) is 30.3 Å². The zero-order valence-corrected chi connectivity index (χ0v) is 15.0. The number of ether oxygens (including phenoxy) is 1. The summed E-state index contributed by atoms with van der Waals surface area (Å²) < 4.78 is 5.84. The van der Waals surface area contributed by atoms with Crippen LogP contribution in [-0.4, -0.2) is 66.5 Å². The Morgan fingerprint density at radius 2 is 2.08 bits per heavy atom. The number of nitrogens with zero attached hydrogens (tertiary/aromatic N) is 2. The predicted molar refractivity (Wildman–Crippen MR) is 96.0 cm³/mol. The van der Waals surface area contributed by atoms with Crippen LogP contribution in [0.4, 0.5) is 0 Å². The van der Waals surface area contributed by atoms with Crippen LogP contribution in [0.3, 0.4) is 0 Å². The molecule has 2 atom stereocenters. The second-order valence-electron chi connectivity index (χ2n) is 6.76. The van der Waals surface area contributed by atoms with E-state index in [2.05, 4.69) is 5.32 Å². The van der Waals surface area contributed by atoms with Gasteiger partial charge >= 0.3 is 0 Å². The van der Waals surface area contributed by atoms with Gasteiger partial charge in [-0.05, 0) is 24.5 Å². The van der Waals surface area contributed by atoms with Crippen LogP contribution in [0, 0.1) is 0 Å². The number of hydrogen-bond donors (Lipinski definition) is 1. The maximum Gasteiger partial charge on any atom is 0.264 e. The van der Waals surface area contributed by atoms with Crippen molar-refractivity contribution in [2.24, 2.45) is 0 Å². The molecular formula is C18H24ClN3O3. The molecule has 136 valence electrons. The number of halogens is 1. The lowest BCUT2D eigenvalue weighted by Gasteiger charge is -2.41. The third-order valence-corrected chi connectivity index (χ3v) is 5.20. The van der Waals surface area contributed by atoms with E-state index in [1.165, 1.54) is 0 Å². The van der Waals surface area contributed by atoms with E-state index >= 15 is 0 Å². The lowest BCUT2D eigenvalue weighted by molar-refractivity contribution is -0.144. The number of nitrogens with one attached hydrogen (secondary N) is 1. The molecule has 3 aliphatic heterocycles. The minimum Gasteiger partial charge on any atom is -0.480 e. The lowest BCUT2D eigenvalue weighted by Crippen LogP contribution is -2.58. The summed E-state index contributed by atoms with van der Waals surface area (Å²) in [7, 11) is 0. The normalized spacial score (nSPS) is 25.8. The van der Waals surface area contributed by atoms with Gasteiger partial charge < -0.3 is 19.9 Å². The molecule has 0 saturated carbocycles. The first-order chi connectivity index (χ1) is 11.7. The highest BCUT2D eigenvalue weighted by Crippen LogP contribution is 2.29. The maximum atomic E-state index is 12.9. The fraction of sp³-hybridized carbons (Fsp3) is 0.556. The van der Waals surface area contributed by atoms with Gasteiger partial charge in [0.15, 0.2) is 6.10 Å². The summed E-state index contributed by atoms with van der Waals surface area (Å²) >= 11 is 0. The summed E-state index contributed by atoms with van der Waals surface area (Å²) in [4.78, 5) is 28.8. The summed E-state index contributed by atoms with van der Waals surface area (Å²) in [6.45, 7) is 3.35. The summed E-state index contributed by atoms with van der Waals surface area (Å²) in [6.07, 6.45) is 2.14. The maximum absolute atomic E-state index is 12.9. The number of likely N-dealkylation sites (tertiary alicyclic amines) is 1. The summed E-state index contributed by atoms with van der Waals surface area (Å²) in [5, 5.41) is 3.10. The monoisotopic (exact) mass is 365 g/mol. The number of fused-ring (bicyclic) bond motifs is 1. The molecular weight excluding hydrogens is 342 g/mol. The lowest BCUT2D eigenvalue weighted by atomic mass is 10.0. The quantitative estimate of drug-likeness (QED) is 0.843. The molecule has 0 radical (unpaired) electrons. The van der Waals surface area contributed by atoms with E-state index in [4.69, 9.17) is 4.74 Å². The molecule has 0 spiro atoms. The predicted octanol–water partition coefficient (Wildman–Crippen LogP) is 0.835. The Morgan fingerprint density at radius 3 is 2.88 bits per heavy atom. The molecule has 3 heterocycles.